The number of aliphatic hydroxyl groups excluding tert-OH is 1. The van der Waals surface area contributed by atoms with Gasteiger partial charge in [0.2, 0.25) is 5.95 Å². The van der Waals surface area contributed by atoms with Gasteiger partial charge in [-0.1, -0.05) is 0 Å². The third-order valence-electron chi connectivity index (χ3n) is 2.80. The Kier molecular flexibility index (Phi) is 3.47. The van der Waals surface area contributed by atoms with Gasteiger partial charge in [-0.25, -0.2) is 8.42 Å². The topological polar surface area (TPSA) is 174 Å². The van der Waals surface area contributed by atoms with Crippen molar-refractivity contribution in [1.29, 1.82) is 0 Å². The Morgan fingerprint density at radius 2 is 2.10 bits per heavy atom. The van der Waals surface area contributed by atoms with Gasteiger partial charge in [-0.05, 0) is 0 Å². The summed E-state index contributed by atoms with van der Waals surface area (Å²) in [4.78, 5) is 29.6. The third-order valence-corrected chi connectivity index (χ3v) is 3.93. The van der Waals surface area contributed by atoms with Crippen molar-refractivity contribution >= 4 is 32.7 Å². The molecule has 0 bridgehead atoms. The average Bonchev–Trinajstić information content (AvgIpc) is 2.64. The van der Waals surface area contributed by atoms with E-state index >= 15 is 0 Å². The van der Waals surface area contributed by atoms with Crippen molar-refractivity contribution in [3.63, 3.8) is 0 Å². The Morgan fingerprint density at radius 1 is 1.48 bits per heavy atom. The van der Waals surface area contributed by atoms with E-state index in [9.17, 15) is 18.0 Å². The Balaban J connectivity index is 3.16. The Morgan fingerprint density at radius 3 is 2.57 bits per heavy atom. The highest BCUT2D eigenvalue weighted by Gasteiger charge is 2.30. The van der Waals surface area contributed by atoms with E-state index in [2.05, 4.69) is 9.97 Å². The number of rotatable bonds is 4. The Hall–Kier alpha value is -2.40. The molecule has 10 nitrogen and oxygen atoms in total. The van der Waals surface area contributed by atoms with E-state index in [4.69, 9.17) is 16.6 Å². The van der Waals surface area contributed by atoms with Gasteiger partial charge in [0.15, 0.2) is 15.5 Å². The second kappa shape index (κ2) is 4.86. The zero-order valence-electron chi connectivity index (χ0n) is 11.0. The summed E-state index contributed by atoms with van der Waals surface area (Å²) in [5.41, 5.74) is 9.26. The molecule has 21 heavy (non-hydrogen) atoms. The van der Waals surface area contributed by atoms with Gasteiger partial charge in [0.25, 0.3) is 11.5 Å². The minimum atomic E-state index is -3.91. The van der Waals surface area contributed by atoms with Gasteiger partial charge in [0.1, 0.15) is 5.03 Å². The number of H-pyrrole nitrogens is 1. The number of hydrogen-bond acceptors (Lipinski definition) is 7. The lowest BCUT2D eigenvalue weighted by Gasteiger charge is -2.07. The number of carbonyl (C=O) groups is 1. The van der Waals surface area contributed by atoms with Crippen LogP contribution in [0.25, 0.3) is 11.0 Å². The summed E-state index contributed by atoms with van der Waals surface area (Å²) in [5.74, 6) is -1.34. The summed E-state index contributed by atoms with van der Waals surface area (Å²) in [6.45, 7) is -0.624. The lowest BCUT2D eigenvalue weighted by atomic mass is 10.2. The third kappa shape index (κ3) is 2.36. The molecule has 6 N–H and O–H groups in total. The summed E-state index contributed by atoms with van der Waals surface area (Å²) in [5, 5.41) is 8.34. The zero-order chi connectivity index (χ0) is 15.9. The maximum atomic E-state index is 12.0. The molecular formula is C10H13N5O5S. The molecule has 0 spiro atoms. The number of carbonyl (C=O) groups excluding carboxylic acids is 1. The van der Waals surface area contributed by atoms with Crippen LogP contribution in [0.3, 0.4) is 0 Å². The van der Waals surface area contributed by atoms with Crippen molar-refractivity contribution in [2.45, 2.75) is 11.6 Å². The first-order valence-corrected chi connectivity index (χ1v) is 7.60. The number of aromatic amines is 1. The van der Waals surface area contributed by atoms with E-state index in [1.807, 2.05) is 0 Å². The van der Waals surface area contributed by atoms with Crippen LogP contribution in [-0.4, -0.2) is 46.8 Å². The minimum Gasteiger partial charge on any atom is -0.395 e. The lowest BCUT2D eigenvalue weighted by Crippen LogP contribution is -2.19. The van der Waals surface area contributed by atoms with Crippen LogP contribution in [0.2, 0.25) is 0 Å². The molecule has 2 aromatic rings. The monoisotopic (exact) mass is 315 g/mol. The highest BCUT2D eigenvalue weighted by atomic mass is 32.2. The second-order valence-electron chi connectivity index (χ2n) is 4.34. The van der Waals surface area contributed by atoms with Crippen LogP contribution < -0.4 is 17.0 Å². The van der Waals surface area contributed by atoms with Crippen LogP contribution in [0.5, 0.6) is 0 Å². The molecule has 0 aromatic carbocycles. The fraction of sp³-hybridized carbons (Fsp3) is 0.300. The summed E-state index contributed by atoms with van der Waals surface area (Å²) in [6.07, 6.45) is 0.860. The molecule has 0 aliphatic rings. The molecule has 0 unspecified atom stereocenters. The number of anilines is 1. The summed E-state index contributed by atoms with van der Waals surface area (Å²) in [6, 6.07) is 0. The molecule has 0 aliphatic heterocycles. The smallest absolute Gasteiger partial charge is 0.262 e. The number of amides is 1. The number of hydrogen-bond donors (Lipinski definition) is 4. The van der Waals surface area contributed by atoms with Crippen LogP contribution in [0.1, 0.15) is 10.4 Å². The fourth-order valence-electron chi connectivity index (χ4n) is 2.16. The molecule has 114 valence electrons. The molecule has 2 heterocycles. The van der Waals surface area contributed by atoms with E-state index in [-0.39, 0.29) is 23.5 Å². The van der Waals surface area contributed by atoms with Gasteiger partial charge in [0.05, 0.1) is 17.6 Å². The summed E-state index contributed by atoms with van der Waals surface area (Å²) >= 11 is 0. The van der Waals surface area contributed by atoms with Gasteiger partial charge >= 0.3 is 0 Å². The Bertz CT molecular complexity index is 895. The number of primary amides is 1. The molecule has 2 aromatic heterocycles. The number of nitrogen functional groups attached to an aromatic ring is 1. The van der Waals surface area contributed by atoms with Gasteiger partial charge in [-0.2, -0.15) is 4.98 Å². The molecule has 2 rings (SSSR count). The number of fused-ring (bicyclic) bond motifs is 1. The molecule has 0 aliphatic carbocycles. The van der Waals surface area contributed by atoms with E-state index in [0.29, 0.717) is 0 Å². The first-order valence-electron chi connectivity index (χ1n) is 5.71. The summed E-state index contributed by atoms with van der Waals surface area (Å²) < 4.78 is 24.9. The summed E-state index contributed by atoms with van der Waals surface area (Å²) in [7, 11) is -3.91. The van der Waals surface area contributed by atoms with E-state index < -0.39 is 38.5 Å². The number of nitrogens with zero attached hydrogens (tertiary/aromatic N) is 2. The van der Waals surface area contributed by atoms with Crippen molar-refractivity contribution < 1.29 is 18.3 Å². The molecule has 0 radical (unpaired) electrons. The predicted molar refractivity (Wildman–Crippen MR) is 73.5 cm³/mol. The van der Waals surface area contributed by atoms with E-state index in [0.717, 1.165) is 10.8 Å². The number of sulfone groups is 1. The van der Waals surface area contributed by atoms with Crippen LogP contribution >= 0.6 is 0 Å². The number of nitrogens with one attached hydrogen (secondary N) is 1. The first-order chi connectivity index (χ1) is 9.68. The van der Waals surface area contributed by atoms with Crippen molar-refractivity contribution in [2.75, 3.05) is 18.6 Å². The van der Waals surface area contributed by atoms with Crippen molar-refractivity contribution in [2.24, 2.45) is 5.73 Å². The largest absolute Gasteiger partial charge is 0.395 e. The van der Waals surface area contributed by atoms with Gasteiger partial charge in [-0.3, -0.25) is 14.6 Å². The maximum absolute atomic E-state index is 12.0. The highest BCUT2D eigenvalue weighted by Crippen LogP contribution is 2.26. The number of aliphatic hydroxyl groups is 1. The number of nitrogens with two attached hydrogens (primary N) is 2. The molecule has 0 saturated carbocycles. The Labute approximate surface area is 118 Å². The molecule has 1 amide bonds. The molecular weight excluding hydrogens is 302 g/mol. The van der Waals surface area contributed by atoms with Crippen LogP contribution in [0.15, 0.2) is 9.82 Å². The second-order valence-corrected chi connectivity index (χ2v) is 6.27. The van der Waals surface area contributed by atoms with Crippen LogP contribution in [-0.2, 0) is 16.4 Å². The van der Waals surface area contributed by atoms with Gasteiger partial charge in [-0.15, -0.1) is 0 Å². The fourth-order valence-corrected chi connectivity index (χ4v) is 3.31. The number of aromatic nitrogens is 3. The molecule has 0 fully saturated rings. The van der Waals surface area contributed by atoms with E-state index in [1.54, 1.807) is 0 Å². The molecule has 0 saturated heterocycles. The van der Waals surface area contributed by atoms with Crippen molar-refractivity contribution in [1.82, 2.24) is 14.5 Å². The van der Waals surface area contributed by atoms with Crippen LogP contribution in [0.4, 0.5) is 5.95 Å². The zero-order valence-corrected chi connectivity index (χ0v) is 11.8. The highest BCUT2D eigenvalue weighted by molar-refractivity contribution is 7.90. The maximum Gasteiger partial charge on any atom is 0.262 e. The molecule has 0 atom stereocenters. The minimum absolute atomic E-state index is 0.125. The average molecular weight is 315 g/mol. The normalized spacial score (nSPS) is 11.9. The first kappa shape index (κ1) is 15.0. The van der Waals surface area contributed by atoms with E-state index in [1.165, 1.54) is 0 Å². The van der Waals surface area contributed by atoms with Crippen molar-refractivity contribution in [3.8, 4) is 0 Å². The van der Waals surface area contributed by atoms with Crippen molar-refractivity contribution in [3.05, 3.63) is 15.9 Å². The standard InChI is InChI=1S/C10H13N5O5S/c1-21(19,20)9-4(6(11)17)5-7(15(9)2-3-16)13-10(12)14-8(5)18/h16H,2-3H2,1H3,(H2,11,17)(H3,12,13,14,18). The lowest BCUT2D eigenvalue weighted by molar-refractivity contribution is 0.0997. The van der Waals surface area contributed by atoms with Crippen LogP contribution in [0, 0.1) is 0 Å². The SMILES string of the molecule is CS(=O)(=O)c1c(C(N)=O)c2c(=O)[nH]c(N)nc2n1CCO. The predicted octanol–water partition coefficient (Wildman–Crippen LogP) is -2.20. The van der Waals surface area contributed by atoms with Gasteiger partial charge < -0.3 is 21.1 Å². The van der Waals surface area contributed by atoms with Gasteiger partial charge in [0, 0.05) is 12.8 Å². The molecule has 11 heteroatoms. The quantitative estimate of drug-likeness (QED) is 0.495.